The minimum Gasteiger partial charge on any atom is -0.394 e. The van der Waals surface area contributed by atoms with Crippen LogP contribution in [-0.4, -0.2) is 64.5 Å². The molecule has 1 aliphatic heterocycles. The molecule has 4 rings (SSSR count). The Balaban J connectivity index is 1.43. The number of hydrogen-bond acceptors (Lipinski definition) is 6. The zero-order valence-electron chi connectivity index (χ0n) is 17.8. The zero-order chi connectivity index (χ0) is 23.7. The van der Waals surface area contributed by atoms with Gasteiger partial charge in [0.15, 0.2) is 5.13 Å². The number of rotatable bonds is 5. The van der Waals surface area contributed by atoms with E-state index in [-0.39, 0.29) is 49.2 Å². The molecule has 2 amide bonds. The molecule has 2 heterocycles. The Kier molecular flexibility index (Phi) is 6.73. The Bertz CT molecular complexity index is 1150. The molecule has 1 aliphatic rings. The lowest BCUT2D eigenvalue weighted by atomic mass is 10.1. The van der Waals surface area contributed by atoms with E-state index in [2.05, 4.69) is 10.3 Å². The number of nitrogens with zero attached hydrogens (tertiary/aromatic N) is 3. The first-order chi connectivity index (χ1) is 15.7. The maximum absolute atomic E-state index is 14.7. The Morgan fingerprint density at radius 3 is 2.64 bits per heavy atom. The second-order valence-corrected chi connectivity index (χ2v) is 9.03. The van der Waals surface area contributed by atoms with Crippen molar-refractivity contribution in [1.82, 2.24) is 9.88 Å². The second kappa shape index (κ2) is 9.54. The van der Waals surface area contributed by atoms with Crippen molar-refractivity contribution < 1.29 is 28.2 Å². The number of carbonyl (C=O) groups is 1. The molecule has 0 spiro atoms. The summed E-state index contributed by atoms with van der Waals surface area (Å²) in [5.74, 6) is -1.91. The summed E-state index contributed by atoms with van der Waals surface area (Å²) in [5.41, 5.74) is 0.643. The number of amides is 2. The largest absolute Gasteiger partial charge is 0.394 e. The van der Waals surface area contributed by atoms with Crippen molar-refractivity contribution in [2.75, 3.05) is 36.5 Å². The highest BCUT2D eigenvalue weighted by Gasteiger charge is 2.31. The first kappa shape index (κ1) is 23.3. The Morgan fingerprint density at radius 1 is 1.24 bits per heavy atom. The molecule has 0 aliphatic carbocycles. The third-order valence-corrected chi connectivity index (χ3v) is 6.46. The molecule has 176 valence electrons. The summed E-state index contributed by atoms with van der Waals surface area (Å²) in [4.78, 5) is 20.2. The lowest BCUT2D eigenvalue weighted by Gasteiger charge is -2.40. The third kappa shape index (κ3) is 5.05. The average Bonchev–Trinajstić information content (AvgIpc) is 3.14. The topological polar surface area (TPSA) is 88.9 Å². The normalized spacial score (nSPS) is 17.5. The van der Waals surface area contributed by atoms with Crippen molar-refractivity contribution in [3.8, 4) is 0 Å². The van der Waals surface area contributed by atoms with E-state index >= 15 is 0 Å². The number of hydrogen-bond donors (Lipinski definition) is 3. The summed E-state index contributed by atoms with van der Waals surface area (Å²) in [6.07, 6.45) is -1.15. The maximum atomic E-state index is 14.7. The van der Waals surface area contributed by atoms with Crippen LogP contribution in [0.3, 0.4) is 0 Å². The van der Waals surface area contributed by atoms with Crippen molar-refractivity contribution in [3.05, 3.63) is 53.3 Å². The molecule has 1 saturated heterocycles. The standard InChI is InChI=1S/C22H23F3N4O3S/c1-12-10-28(20-16(24)7-13(8-17(20)25)6-15(31)11-30)4-5-29(12)22(32)27-21-26-18-3-2-14(23)9-19(18)33-21/h2-3,7-9,12,15,30-31H,4-6,10-11H2,1H3,(H,26,27,32)/t12-,15+/m0/s1. The summed E-state index contributed by atoms with van der Waals surface area (Å²) in [6.45, 7) is 1.94. The summed E-state index contributed by atoms with van der Waals surface area (Å²) < 4.78 is 43.4. The Hall–Kier alpha value is -2.89. The molecule has 2 atom stereocenters. The number of halogens is 3. The number of anilines is 2. The number of aromatic nitrogens is 1. The van der Waals surface area contributed by atoms with Crippen LogP contribution in [0.5, 0.6) is 0 Å². The van der Waals surface area contributed by atoms with E-state index in [0.717, 1.165) is 23.5 Å². The minimum absolute atomic E-state index is 0.0621. The van der Waals surface area contributed by atoms with E-state index in [4.69, 9.17) is 5.11 Å². The fourth-order valence-corrected chi connectivity index (χ4v) is 4.83. The van der Waals surface area contributed by atoms with Gasteiger partial charge in [-0.2, -0.15) is 0 Å². The van der Waals surface area contributed by atoms with Crippen LogP contribution >= 0.6 is 11.3 Å². The smallest absolute Gasteiger partial charge is 0.324 e. The van der Waals surface area contributed by atoms with Crippen molar-refractivity contribution >= 4 is 38.4 Å². The molecular weight excluding hydrogens is 457 g/mol. The molecule has 3 aromatic rings. The van der Waals surface area contributed by atoms with Crippen molar-refractivity contribution in [3.63, 3.8) is 0 Å². The van der Waals surface area contributed by atoms with Crippen LogP contribution < -0.4 is 10.2 Å². The predicted octanol–water partition coefficient (Wildman–Crippen LogP) is 3.35. The molecule has 33 heavy (non-hydrogen) atoms. The van der Waals surface area contributed by atoms with Gasteiger partial charge in [0.1, 0.15) is 23.1 Å². The number of fused-ring (bicyclic) bond motifs is 1. The summed E-state index contributed by atoms with van der Waals surface area (Å²) in [7, 11) is 0. The second-order valence-electron chi connectivity index (χ2n) is 8.00. The van der Waals surface area contributed by atoms with Gasteiger partial charge >= 0.3 is 6.03 Å². The first-order valence-corrected chi connectivity index (χ1v) is 11.2. The summed E-state index contributed by atoms with van der Waals surface area (Å²) >= 11 is 1.16. The summed E-state index contributed by atoms with van der Waals surface area (Å²) in [6, 6.07) is 5.75. The molecule has 0 radical (unpaired) electrons. The molecule has 11 heteroatoms. The van der Waals surface area contributed by atoms with Gasteiger partial charge in [-0.25, -0.2) is 22.9 Å². The highest BCUT2D eigenvalue weighted by atomic mass is 32.1. The van der Waals surface area contributed by atoms with Crippen LogP contribution in [0.15, 0.2) is 30.3 Å². The van der Waals surface area contributed by atoms with E-state index in [1.165, 1.54) is 18.2 Å². The summed E-state index contributed by atoms with van der Waals surface area (Å²) in [5, 5.41) is 21.5. The van der Waals surface area contributed by atoms with Crippen LogP contribution in [0.25, 0.3) is 10.2 Å². The van der Waals surface area contributed by atoms with E-state index in [0.29, 0.717) is 15.3 Å². The van der Waals surface area contributed by atoms with E-state index < -0.39 is 30.4 Å². The monoisotopic (exact) mass is 480 g/mol. The number of carbonyl (C=O) groups excluding carboxylic acids is 1. The first-order valence-electron chi connectivity index (χ1n) is 10.4. The fourth-order valence-electron chi connectivity index (χ4n) is 3.95. The van der Waals surface area contributed by atoms with Crippen molar-refractivity contribution in [2.45, 2.75) is 25.5 Å². The van der Waals surface area contributed by atoms with Gasteiger partial charge in [-0.05, 0) is 42.8 Å². The van der Waals surface area contributed by atoms with Crippen LogP contribution in [0.2, 0.25) is 0 Å². The van der Waals surface area contributed by atoms with Crippen LogP contribution in [0.4, 0.5) is 28.8 Å². The molecular formula is C22H23F3N4O3S. The van der Waals surface area contributed by atoms with E-state index in [9.17, 15) is 23.1 Å². The number of aliphatic hydroxyl groups excluding tert-OH is 2. The average molecular weight is 481 g/mol. The molecule has 1 aromatic heterocycles. The number of thiazole rings is 1. The van der Waals surface area contributed by atoms with Gasteiger partial charge in [0.05, 0.1) is 22.9 Å². The van der Waals surface area contributed by atoms with Gasteiger partial charge in [-0.15, -0.1) is 0 Å². The molecule has 0 unspecified atom stereocenters. The van der Waals surface area contributed by atoms with E-state index in [1.54, 1.807) is 16.7 Å². The highest BCUT2D eigenvalue weighted by Crippen LogP contribution is 2.29. The maximum Gasteiger partial charge on any atom is 0.324 e. The number of urea groups is 1. The quantitative estimate of drug-likeness (QED) is 0.521. The number of piperazine rings is 1. The minimum atomic E-state index is -1.09. The molecule has 2 aromatic carbocycles. The van der Waals surface area contributed by atoms with E-state index in [1.807, 2.05) is 0 Å². The fraction of sp³-hybridized carbons (Fsp3) is 0.364. The van der Waals surface area contributed by atoms with Gasteiger partial charge in [-0.3, -0.25) is 5.32 Å². The van der Waals surface area contributed by atoms with Gasteiger partial charge < -0.3 is 20.0 Å². The molecule has 3 N–H and O–H groups in total. The SMILES string of the molecule is C[C@H]1CN(c2c(F)cc(C[C@@H](O)CO)cc2F)CCN1C(=O)Nc1nc2ccc(F)cc2s1. The van der Waals surface area contributed by atoms with Crippen LogP contribution in [0.1, 0.15) is 12.5 Å². The van der Waals surface area contributed by atoms with Crippen LogP contribution in [0, 0.1) is 17.5 Å². The van der Waals surface area contributed by atoms with Gasteiger partial charge in [0.2, 0.25) is 0 Å². The zero-order valence-corrected chi connectivity index (χ0v) is 18.6. The number of benzene rings is 2. The lowest BCUT2D eigenvalue weighted by molar-refractivity contribution is 0.0954. The van der Waals surface area contributed by atoms with Crippen LogP contribution in [-0.2, 0) is 6.42 Å². The Morgan fingerprint density at radius 2 is 1.97 bits per heavy atom. The Labute approximate surface area is 192 Å². The van der Waals surface area contributed by atoms with Crippen molar-refractivity contribution in [1.29, 1.82) is 0 Å². The molecule has 1 fully saturated rings. The molecule has 0 bridgehead atoms. The molecule has 7 nitrogen and oxygen atoms in total. The number of nitrogens with one attached hydrogen (secondary N) is 1. The predicted molar refractivity (Wildman–Crippen MR) is 120 cm³/mol. The third-order valence-electron chi connectivity index (χ3n) is 5.53. The molecule has 0 saturated carbocycles. The van der Waals surface area contributed by atoms with Crippen molar-refractivity contribution in [2.24, 2.45) is 0 Å². The van der Waals surface area contributed by atoms with Gasteiger partial charge in [0, 0.05) is 32.1 Å². The number of aliphatic hydroxyl groups is 2. The lowest BCUT2D eigenvalue weighted by Crippen LogP contribution is -2.55. The highest BCUT2D eigenvalue weighted by molar-refractivity contribution is 7.22. The van der Waals surface area contributed by atoms with Gasteiger partial charge in [0.25, 0.3) is 0 Å². The van der Waals surface area contributed by atoms with Gasteiger partial charge in [-0.1, -0.05) is 11.3 Å².